The van der Waals surface area contributed by atoms with Crippen molar-refractivity contribution in [2.24, 2.45) is 5.92 Å². The molecule has 0 aliphatic carbocycles. The second-order valence-corrected chi connectivity index (χ2v) is 8.57. The van der Waals surface area contributed by atoms with E-state index in [1.54, 1.807) is 19.1 Å². The summed E-state index contributed by atoms with van der Waals surface area (Å²) in [4.78, 5) is 12.6. The number of sulfonamides is 1. The minimum atomic E-state index is -3.28. The van der Waals surface area contributed by atoms with Crippen molar-refractivity contribution in [1.82, 2.24) is 9.62 Å². The van der Waals surface area contributed by atoms with Crippen molar-refractivity contribution in [3.8, 4) is 17.2 Å². The van der Waals surface area contributed by atoms with Crippen LogP contribution in [0.1, 0.15) is 25.3 Å². The monoisotopic (exact) mass is 400 g/mol. The van der Waals surface area contributed by atoms with Crippen LogP contribution in [0.15, 0.2) is 12.1 Å². The van der Waals surface area contributed by atoms with Gasteiger partial charge in [-0.05, 0) is 31.9 Å². The van der Waals surface area contributed by atoms with Gasteiger partial charge in [0, 0.05) is 25.2 Å². The van der Waals surface area contributed by atoms with Crippen molar-refractivity contribution in [2.45, 2.75) is 26.3 Å². The van der Waals surface area contributed by atoms with Crippen LogP contribution in [0.25, 0.3) is 0 Å². The molecule has 1 amide bonds. The molecule has 0 saturated carbocycles. The molecule has 152 valence electrons. The number of hydrogen-bond donors (Lipinski definition) is 1. The maximum atomic E-state index is 12.6. The van der Waals surface area contributed by atoms with Crippen molar-refractivity contribution in [1.29, 1.82) is 0 Å². The lowest BCUT2D eigenvalue weighted by atomic mass is 9.98. The predicted octanol–water partition coefficient (Wildman–Crippen LogP) is 1.39. The van der Waals surface area contributed by atoms with Crippen LogP contribution in [-0.4, -0.2) is 58.8 Å². The normalized spacial score (nSPS) is 18.0. The number of methoxy groups -OCH3 is 3. The number of nitrogens with zero attached hydrogens (tertiary/aromatic N) is 1. The van der Waals surface area contributed by atoms with Gasteiger partial charge in [0.25, 0.3) is 0 Å². The molecule has 0 radical (unpaired) electrons. The molecule has 1 aromatic rings. The molecular formula is C18H28N2O6S. The van der Waals surface area contributed by atoms with Gasteiger partial charge in [-0.2, -0.15) is 0 Å². The van der Waals surface area contributed by atoms with E-state index in [2.05, 4.69) is 5.32 Å². The summed E-state index contributed by atoms with van der Waals surface area (Å²) >= 11 is 0. The molecule has 1 unspecified atom stereocenters. The Morgan fingerprint density at radius 3 is 2.48 bits per heavy atom. The lowest BCUT2D eigenvalue weighted by Gasteiger charge is -2.31. The molecule has 1 fully saturated rings. The number of rotatable bonds is 8. The van der Waals surface area contributed by atoms with Gasteiger partial charge in [-0.25, -0.2) is 12.7 Å². The number of carbonyl (C=O) groups excluding carboxylic acids is 1. The van der Waals surface area contributed by atoms with Crippen LogP contribution >= 0.6 is 0 Å². The van der Waals surface area contributed by atoms with Crippen molar-refractivity contribution in [3.63, 3.8) is 0 Å². The van der Waals surface area contributed by atoms with E-state index in [0.29, 0.717) is 36.6 Å². The smallest absolute Gasteiger partial charge is 0.224 e. The SMILES string of the molecule is CCS(=O)(=O)N1CCCC(C(=O)NCc2ccc(OC)c(OC)c2OC)C1. The molecule has 1 heterocycles. The zero-order chi connectivity index (χ0) is 20.0. The average Bonchev–Trinajstić information content (AvgIpc) is 2.70. The number of nitrogens with one attached hydrogen (secondary N) is 1. The summed E-state index contributed by atoms with van der Waals surface area (Å²) in [6.45, 7) is 2.57. The van der Waals surface area contributed by atoms with Crippen LogP contribution in [0, 0.1) is 5.92 Å². The lowest BCUT2D eigenvalue weighted by molar-refractivity contribution is -0.126. The molecule has 1 atom stereocenters. The Labute approximate surface area is 160 Å². The van der Waals surface area contributed by atoms with Crippen LogP contribution in [0.4, 0.5) is 0 Å². The van der Waals surface area contributed by atoms with Gasteiger partial charge in [0.2, 0.25) is 21.7 Å². The average molecular weight is 400 g/mol. The van der Waals surface area contributed by atoms with Gasteiger partial charge in [-0.3, -0.25) is 4.79 Å². The number of piperidine rings is 1. The first-order valence-electron chi connectivity index (χ1n) is 8.91. The molecule has 1 saturated heterocycles. The minimum absolute atomic E-state index is 0.0458. The Morgan fingerprint density at radius 1 is 1.19 bits per heavy atom. The van der Waals surface area contributed by atoms with Gasteiger partial charge in [-0.1, -0.05) is 0 Å². The first-order valence-corrected chi connectivity index (χ1v) is 10.5. The van der Waals surface area contributed by atoms with Crippen LogP contribution in [0.3, 0.4) is 0 Å². The molecule has 1 aliphatic rings. The molecule has 1 aliphatic heterocycles. The molecule has 1 aromatic carbocycles. The second kappa shape index (κ2) is 9.27. The number of amides is 1. The topological polar surface area (TPSA) is 94.2 Å². The third-order valence-corrected chi connectivity index (χ3v) is 6.60. The second-order valence-electron chi connectivity index (χ2n) is 6.31. The van der Waals surface area contributed by atoms with Gasteiger partial charge in [-0.15, -0.1) is 0 Å². The van der Waals surface area contributed by atoms with E-state index >= 15 is 0 Å². The Bertz CT molecular complexity index is 765. The van der Waals surface area contributed by atoms with Crippen molar-refractivity contribution in [2.75, 3.05) is 40.2 Å². The zero-order valence-corrected chi connectivity index (χ0v) is 17.1. The first-order chi connectivity index (χ1) is 12.9. The van der Waals surface area contributed by atoms with E-state index < -0.39 is 10.0 Å². The number of hydrogen-bond acceptors (Lipinski definition) is 6. The fraction of sp³-hybridized carbons (Fsp3) is 0.611. The summed E-state index contributed by atoms with van der Waals surface area (Å²) in [7, 11) is 1.31. The number of benzene rings is 1. The van der Waals surface area contributed by atoms with Crippen LogP contribution in [0.2, 0.25) is 0 Å². The maximum Gasteiger partial charge on any atom is 0.224 e. The third kappa shape index (κ3) is 4.84. The summed E-state index contributed by atoms with van der Waals surface area (Å²) in [6, 6.07) is 3.55. The van der Waals surface area contributed by atoms with Crippen LogP contribution < -0.4 is 19.5 Å². The lowest BCUT2D eigenvalue weighted by Crippen LogP contribution is -2.45. The van der Waals surface area contributed by atoms with E-state index in [9.17, 15) is 13.2 Å². The van der Waals surface area contributed by atoms with E-state index in [-0.39, 0.29) is 30.7 Å². The van der Waals surface area contributed by atoms with E-state index in [1.165, 1.54) is 25.6 Å². The van der Waals surface area contributed by atoms with Crippen LogP contribution in [0.5, 0.6) is 17.2 Å². The van der Waals surface area contributed by atoms with Crippen LogP contribution in [-0.2, 0) is 21.4 Å². The summed E-state index contributed by atoms with van der Waals surface area (Å²) in [5.74, 6) is 1.02. The third-order valence-electron chi connectivity index (χ3n) is 4.75. The highest BCUT2D eigenvalue weighted by molar-refractivity contribution is 7.89. The number of carbonyl (C=O) groups is 1. The summed E-state index contributed by atoms with van der Waals surface area (Å²) in [6.07, 6.45) is 1.35. The maximum absolute atomic E-state index is 12.6. The molecule has 0 spiro atoms. The quantitative estimate of drug-likeness (QED) is 0.709. The summed E-state index contributed by atoms with van der Waals surface area (Å²) < 4.78 is 41.6. The molecule has 1 N–H and O–H groups in total. The summed E-state index contributed by atoms with van der Waals surface area (Å²) in [5, 5.41) is 2.89. The molecule has 9 heteroatoms. The van der Waals surface area contributed by atoms with E-state index in [0.717, 1.165) is 5.56 Å². The van der Waals surface area contributed by atoms with Gasteiger partial charge >= 0.3 is 0 Å². The highest BCUT2D eigenvalue weighted by Gasteiger charge is 2.31. The van der Waals surface area contributed by atoms with E-state index in [4.69, 9.17) is 14.2 Å². The fourth-order valence-corrected chi connectivity index (χ4v) is 4.40. The molecule has 0 aromatic heterocycles. The standard InChI is InChI=1S/C18H28N2O6S/c1-5-27(22,23)20-10-6-7-14(12-20)18(21)19-11-13-8-9-15(24-2)17(26-4)16(13)25-3/h8-9,14H,5-7,10-12H2,1-4H3,(H,19,21). The molecular weight excluding hydrogens is 372 g/mol. The highest BCUT2D eigenvalue weighted by atomic mass is 32.2. The molecule has 27 heavy (non-hydrogen) atoms. The fourth-order valence-electron chi connectivity index (χ4n) is 3.22. The van der Waals surface area contributed by atoms with E-state index in [1.807, 2.05) is 0 Å². The summed E-state index contributed by atoms with van der Waals surface area (Å²) in [5.41, 5.74) is 0.748. The Kier molecular flexibility index (Phi) is 7.32. The zero-order valence-electron chi connectivity index (χ0n) is 16.3. The molecule has 2 rings (SSSR count). The Morgan fingerprint density at radius 2 is 1.89 bits per heavy atom. The first kappa shape index (κ1) is 21.3. The Balaban J connectivity index is 2.07. The molecule has 0 bridgehead atoms. The van der Waals surface area contributed by atoms with Gasteiger partial charge in [0.1, 0.15) is 0 Å². The highest BCUT2D eigenvalue weighted by Crippen LogP contribution is 2.39. The predicted molar refractivity (Wildman–Crippen MR) is 102 cm³/mol. The Hall–Kier alpha value is -2.00. The van der Waals surface area contributed by atoms with Crippen molar-refractivity contribution < 1.29 is 27.4 Å². The largest absolute Gasteiger partial charge is 0.493 e. The number of ether oxygens (including phenoxy) is 3. The van der Waals surface area contributed by atoms with Crippen molar-refractivity contribution in [3.05, 3.63) is 17.7 Å². The van der Waals surface area contributed by atoms with Gasteiger partial charge < -0.3 is 19.5 Å². The minimum Gasteiger partial charge on any atom is -0.493 e. The van der Waals surface area contributed by atoms with Crippen molar-refractivity contribution >= 4 is 15.9 Å². The molecule has 8 nitrogen and oxygen atoms in total. The van der Waals surface area contributed by atoms with Gasteiger partial charge in [0.15, 0.2) is 11.5 Å². The van der Waals surface area contributed by atoms with Gasteiger partial charge in [0.05, 0.1) is 33.0 Å².